The summed E-state index contributed by atoms with van der Waals surface area (Å²) in [5.74, 6) is 0. The lowest BCUT2D eigenvalue weighted by molar-refractivity contribution is 0.580. The maximum Gasteiger partial charge on any atom is 0.252 e. The molecule has 1 aliphatic carbocycles. The molecule has 0 bridgehead atoms. The maximum atomic E-state index is 12.7. The Labute approximate surface area is 158 Å². The molecule has 1 aromatic heterocycles. The van der Waals surface area contributed by atoms with Crippen molar-refractivity contribution in [2.24, 2.45) is 0 Å². The van der Waals surface area contributed by atoms with Crippen molar-refractivity contribution in [3.8, 4) is 0 Å². The fraction of sp³-hybridized carbons (Fsp3) is 0.286. The largest absolute Gasteiger partial charge is 0.322 e. The number of benzene rings is 2. The quantitative estimate of drug-likeness (QED) is 0.727. The molecular weight excluding hydrogens is 360 g/mol. The lowest BCUT2D eigenvalue weighted by Crippen LogP contribution is -2.27. The van der Waals surface area contributed by atoms with Crippen LogP contribution in [-0.4, -0.2) is 13.4 Å². The van der Waals surface area contributed by atoms with Gasteiger partial charge in [0.05, 0.1) is 4.90 Å². The zero-order chi connectivity index (χ0) is 19.0. The van der Waals surface area contributed by atoms with Crippen molar-refractivity contribution in [3.63, 3.8) is 0 Å². The first-order valence-corrected chi connectivity index (χ1v) is 10.6. The molecule has 0 saturated carbocycles. The Hall–Kier alpha value is -2.44. The lowest BCUT2D eigenvalue weighted by Gasteiger charge is -2.16. The van der Waals surface area contributed by atoms with Crippen LogP contribution < -0.4 is 10.3 Å². The second kappa shape index (κ2) is 6.94. The first-order chi connectivity index (χ1) is 12.9. The Kier molecular flexibility index (Phi) is 4.61. The zero-order valence-corrected chi connectivity index (χ0v) is 16.0. The van der Waals surface area contributed by atoms with Gasteiger partial charge in [-0.2, -0.15) is 0 Å². The van der Waals surface area contributed by atoms with E-state index in [9.17, 15) is 13.2 Å². The minimum atomic E-state index is -3.67. The molecule has 2 aromatic carbocycles. The molecule has 0 radical (unpaired) electrons. The summed E-state index contributed by atoms with van der Waals surface area (Å²) < 4.78 is 27.9. The number of aromatic amines is 1. The molecule has 0 unspecified atom stereocenters. The van der Waals surface area contributed by atoms with Gasteiger partial charge in [0.1, 0.15) is 0 Å². The molecular formula is C21H22N2O3S. The predicted molar refractivity (Wildman–Crippen MR) is 106 cm³/mol. The molecule has 0 spiro atoms. The normalized spacial score (nSPS) is 14.3. The summed E-state index contributed by atoms with van der Waals surface area (Å²) in [6, 6.07) is 12.9. The monoisotopic (exact) mass is 382 g/mol. The number of pyridine rings is 1. The SMILES string of the molecule is Cc1ccc2cc(CNS(=O)(=O)c3ccc4c(c3)CCCC4)c(=O)[nH]c2c1. The molecule has 140 valence electrons. The Bertz CT molecular complexity index is 1180. The summed E-state index contributed by atoms with van der Waals surface area (Å²) >= 11 is 0. The second-order valence-corrected chi connectivity index (χ2v) is 8.94. The van der Waals surface area contributed by atoms with Crippen LogP contribution in [0.15, 0.2) is 52.2 Å². The number of nitrogens with one attached hydrogen (secondary N) is 2. The molecule has 0 aliphatic heterocycles. The first-order valence-electron chi connectivity index (χ1n) is 9.16. The van der Waals surface area contributed by atoms with Gasteiger partial charge in [-0.3, -0.25) is 4.79 Å². The summed E-state index contributed by atoms with van der Waals surface area (Å²) in [5, 5.41) is 0.878. The van der Waals surface area contributed by atoms with Gasteiger partial charge < -0.3 is 4.98 Å². The Balaban J connectivity index is 1.59. The molecule has 1 aliphatic rings. The van der Waals surface area contributed by atoms with Gasteiger partial charge in [-0.15, -0.1) is 0 Å². The summed E-state index contributed by atoms with van der Waals surface area (Å²) in [4.78, 5) is 15.4. The molecule has 3 aromatic rings. The van der Waals surface area contributed by atoms with Crippen LogP contribution in [0.4, 0.5) is 0 Å². The van der Waals surface area contributed by atoms with Gasteiger partial charge in [0.25, 0.3) is 5.56 Å². The highest BCUT2D eigenvalue weighted by Gasteiger charge is 2.18. The number of sulfonamides is 1. The fourth-order valence-corrected chi connectivity index (χ4v) is 4.68. The van der Waals surface area contributed by atoms with Crippen molar-refractivity contribution in [1.29, 1.82) is 0 Å². The number of H-pyrrole nitrogens is 1. The molecule has 2 N–H and O–H groups in total. The number of aryl methyl sites for hydroxylation is 3. The highest BCUT2D eigenvalue weighted by molar-refractivity contribution is 7.89. The van der Waals surface area contributed by atoms with E-state index in [1.165, 1.54) is 5.56 Å². The van der Waals surface area contributed by atoms with E-state index in [0.717, 1.165) is 47.7 Å². The predicted octanol–water partition coefficient (Wildman–Crippen LogP) is 3.19. The fourth-order valence-electron chi connectivity index (χ4n) is 3.62. The Morgan fingerprint density at radius 2 is 1.78 bits per heavy atom. The molecule has 0 amide bonds. The lowest BCUT2D eigenvalue weighted by atomic mass is 9.92. The minimum Gasteiger partial charge on any atom is -0.322 e. The van der Waals surface area contributed by atoms with Gasteiger partial charge in [0.2, 0.25) is 10.0 Å². The smallest absolute Gasteiger partial charge is 0.252 e. The Morgan fingerprint density at radius 1 is 1.00 bits per heavy atom. The van der Waals surface area contributed by atoms with Crippen LogP contribution in [0.1, 0.15) is 35.1 Å². The zero-order valence-electron chi connectivity index (χ0n) is 15.2. The van der Waals surface area contributed by atoms with Crippen LogP contribution in [0.2, 0.25) is 0 Å². The third-order valence-corrected chi connectivity index (χ3v) is 6.56. The molecule has 0 fully saturated rings. The molecule has 5 nitrogen and oxygen atoms in total. The van der Waals surface area contributed by atoms with E-state index in [1.54, 1.807) is 18.2 Å². The average molecular weight is 382 g/mol. The molecule has 27 heavy (non-hydrogen) atoms. The summed E-state index contributed by atoms with van der Waals surface area (Å²) in [6.45, 7) is 1.91. The standard InChI is InChI=1S/C21H22N2O3S/c1-14-6-7-17-11-18(21(24)23-20(17)10-14)13-22-27(25,26)19-9-8-15-4-2-3-5-16(15)12-19/h6-12,22H,2-5,13H2,1H3,(H,23,24). The van der Waals surface area contributed by atoms with E-state index in [4.69, 9.17) is 0 Å². The van der Waals surface area contributed by atoms with E-state index in [0.29, 0.717) is 5.56 Å². The summed E-state index contributed by atoms with van der Waals surface area (Å²) in [7, 11) is -3.67. The minimum absolute atomic E-state index is 0.0431. The van der Waals surface area contributed by atoms with Crippen LogP contribution >= 0.6 is 0 Å². The maximum absolute atomic E-state index is 12.7. The topological polar surface area (TPSA) is 79.0 Å². The molecule has 6 heteroatoms. The van der Waals surface area contributed by atoms with Crippen molar-refractivity contribution in [1.82, 2.24) is 9.71 Å². The van der Waals surface area contributed by atoms with Crippen LogP contribution in [0.5, 0.6) is 0 Å². The van der Waals surface area contributed by atoms with Crippen molar-refractivity contribution >= 4 is 20.9 Å². The van der Waals surface area contributed by atoms with Gasteiger partial charge in [0.15, 0.2) is 0 Å². The van der Waals surface area contributed by atoms with E-state index in [1.807, 2.05) is 31.2 Å². The van der Waals surface area contributed by atoms with E-state index < -0.39 is 10.0 Å². The summed E-state index contributed by atoms with van der Waals surface area (Å²) in [6.07, 6.45) is 4.18. The van der Waals surface area contributed by atoms with Gasteiger partial charge in [-0.1, -0.05) is 18.2 Å². The third kappa shape index (κ3) is 3.68. The molecule has 0 saturated heterocycles. The summed E-state index contributed by atoms with van der Waals surface area (Å²) in [5.41, 5.74) is 4.28. The second-order valence-electron chi connectivity index (χ2n) is 7.18. The van der Waals surface area contributed by atoms with Crippen LogP contribution in [0, 0.1) is 6.92 Å². The van der Waals surface area contributed by atoms with Gasteiger partial charge >= 0.3 is 0 Å². The van der Waals surface area contributed by atoms with Crippen molar-refractivity contribution in [3.05, 3.63) is 75.1 Å². The number of rotatable bonds is 4. The van der Waals surface area contributed by atoms with Gasteiger partial charge in [0, 0.05) is 17.6 Å². The molecule has 0 atom stereocenters. The highest BCUT2D eigenvalue weighted by atomic mass is 32.2. The van der Waals surface area contributed by atoms with Gasteiger partial charge in [-0.05, 0) is 78.9 Å². The number of aromatic nitrogens is 1. The van der Waals surface area contributed by atoms with Crippen LogP contribution in [-0.2, 0) is 29.4 Å². The Morgan fingerprint density at radius 3 is 2.59 bits per heavy atom. The number of fused-ring (bicyclic) bond motifs is 2. The van der Waals surface area contributed by atoms with Gasteiger partial charge in [-0.25, -0.2) is 13.1 Å². The number of hydrogen-bond donors (Lipinski definition) is 2. The van der Waals surface area contributed by atoms with Crippen molar-refractivity contribution in [2.75, 3.05) is 0 Å². The molecule has 4 rings (SSSR count). The van der Waals surface area contributed by atoms with E-state index in [2.05, 4.69) is 9.71 Å². The average Bonchev–Trinajstić information content (AvgIpc) is 2.66. The number of hydrogen-bond acceptors (Lipinski definition) is 3. The van der Waals surface area contributed by atoms with Crippen LogP contribution in [0.25, 0.3) is 10.9 Å². The van der Waals surface area contributed by atoms with Crippen LogP contribution in [0.3, 0.4) is 0 Å². The van der Waals surface area contributed by atoms with Crippen molar-refractivity contribution < 1.29 is 8.42 Å². The highest BCUT2D eigenvalue weighted by Crippen LogP contribution is 2.24. The third-order valence-electron chi connectivity index (χ3n) is 5.16. The molecule has 1 heterocycles. The van der Waals surface area contributed by atoms with E-state index in [-0.39, 0.29) is 17.0 Å². The van der Waals surface area contributed by atoms with Crippen molar-refractivity contribution in [2.45, 2.75) is 44.0 Å². The first kappa shape index (κ1) is 17.9. The van der Waals surface area contributed by atoms with E-state index >= 15 is 0 Å².